The summed E-state index contributed by atoms with van der Waals surface area (Å²) in [7, 11) is 0. The zero-order valence-corrected chi connectivity index (χ0v) is 13.6. The number of carbonyl (C=O) groups excluding carboxylic acids is 1. The first-order valence-corrected chi connectivity index (χ1v) is 7.54. The number of aliphatic hydroxyl groups is 1. The van der Waals surface area contributed by atoms with Crippen molar-refractivity contribution in [3.63, 3.8) is 0 Å². The molecule has 1 amide bonds. The second kappa shape index (κ2) is 7.58. The summed E-state index contributed by atoms with van der Waals surface area (Å²) in [6.07, 6.45) is 1.64. The predicted octanol–water partition coefficient (Wildman–Crippen LogP) is 3.33. The third-order valence-corrected chi connectivity index (χ3v) is 3.99. The van der Waals surface area contributed by atoms with E-state index in [2.05, 4.69) is 4.98 Å². The van der Waals surface area contributed by atoms with Crippen molar-refractivity contribution in [2.75, 3.05) is 13.2 Å². The van der Waals surface area contributed by atoms with E-state index in [9.17, 15) is 9.90 Å². The molecule has 0 radical (unpaired) electrons. The molecule has 4 nitrogen and oxygen atoms in total. The van der Waals surface area contributed by atoms with E-state index in [1.165, 1.54) is 0 Å². The molecular formula is C16H16Cl2N2O2. The first kappa shape index (κ1) is 16.7. The Balaban J connectivity index is 2.24. The Labute approximate surface area is 139 Å². The average Bonchev–Trinajstić information content (AvgIpc) is 2.50. The van der Waals surface area contributed by atoms with Crippen LogP contribution in [0, 0.1) is 6.92 Å². The zero-order valence-electron chi connectivity index (χ0n) is 12.1. The van der Waals surface area contributed by atoms with E-state index < -0.39 is 0 Å². The van der Waals surface area contributed by atoms with E-state index in [1.54, 1.807) is 42.3 Å². The molecule has 1 aromatic carbocycles. The molecular weight excluding hydrogens is 323 g/mol. The maximum absolute atomic E-state index is 12.6. The number of nitrogens with zero attached hydrogens (tertiary/aromatic N) is 2. The summed E-state index contributed by atoms with van der Waals surface area (Å²) in [5.74, 6) is -0.175. The Kier molecular flexibility index (Phi) is 5.77. The van der Waals surface area contributed by atoms with Crippen LogP contribution in [-0.2, 0) is 6.54 Å². The molecule has 1 heterocycles. The number of amides is 1. The van der Waals surface area contributed by atoms with Crippen LogP contribution < -0.4 is 0 Å². The highest BCUT2D eigenvalue weighted by atomic mass is 35.5. The number of pyridine rings is 1. The van der Waals surface area contributed by atoms with Crippen molar-refractivity contribution in [3.8, 4) is 0 Å². The van der Waals surface area contributed by atoms with Gasteiger partial charge in [-0.25, -0.2) is 0 Å². The van der Waals surface area contributed by atoms with Gasteiger partial charge in [-0.15, -0.1) is 0 Å². The van der Waals surface area contributed by atoms with E-state index in [0.717, 1.165) is 5.56 Å². The molecule has 6 heteroatoms. The fraction of sp³-hybridized carbons (Fsp3) is 0.250. The number of aromatic nitrogens is 1. The summed E-state index contributed by atoms with van der Waals surface area (Å²) in [6.45, 7) is 2.23. The fourth-order valence-corrected chi connectivity index (χ4v) is 2.43. The Bertz CT molecular complexity index is 677. The molecule has 2 aromatic rings. The van der Waals surface area contributed by atoms with Gasteiger partial charge in [-0.1, -0.05) is 29.3 Å². The van der Waals surface area contributed by atoms with Gasteiger partial charge in [0.2, 0.25) is 0 Å². The summed E-state index contributed by atoms with van der Waals surface area (Å²) < 4.78 is 0. The molecule has 0 fully saturated rings. The third-order valence-electron chi connectivity index (χ3n) is 3.25. The third kappa shape index (κ3) is 3.97. The SMILES string of the molecule is Cc1ncccc1C(=O)N(CCO)Cc1ccc(Cl)c(Cl)c1. The second-order valence-electron chi connectivity index (χ2n) is 4.84. The predicted molar refractivity (Wildman–Crippen MR) is 87.3 cm³/mol. The highest BCUT2D eigenvalue weighted by Gasteiger charge is 2.18. The molecule has 1 aromatic heterocycles. The quantitative estimate of drug-likeness (QED) is 0.909. The van der Waals surface area contributed by atoms with Crippen LogP contribution in [-0.4, -0.2) is 34.0 Å². The van der Waals surface area contributed by atoms with Gasteiger partial charge in [-0.2, -0.15) is 0 Å². The molecule has 1 N–H and O–H groups in total. The minimum Gasteiger partial charge on any atom is -0.395 e. The van der Waals surface area contributed by atoms with E-state index in [4.69, 9.17) is 23.2 Å². The summed E-state index contributed by atoms with van der Waals surface area (Å²) in [4.78, 5) is 18.3. The lowest BCUT2D eigenvalue weighted by atomic mass is 10.1. The van der Waals surface area contributed by atoms with E-state index >= 15 is 0 Å². The fourth-order valence-electron chi connectivity index (χ4n) is 2.11. The number of carbonyl (C=O) groups is 1. The molecule has 2 rings (SSSR count). The molecule has 0 aliphatic heterocycles. The van der Waals surface area contributed by atoms with Crippen molar-refractivity contribution in [2.45, 2.75) is 13.5 Å². The molecule has 116 valence electrons. The van der Waals surface area contributed by atoms with Crippen molar-refractivity contribution >= 4 is 29.1 Å². The number of aryl methyl sites for hydroxylation is 1. The van der Waals surface area contributed by atoms with Crippen molar-refractivity contribution in [1.82, 2.24) is 9.88 Å². The number of halogens is 2. The van der Waals surface area contributed by atoms with Gasteiger partial charge in [-0.3, -0.25) is 9.78 Å². The van der Waals surface area contributed by atoms with Gasteiger partial charge >= 0.3 is 0 Å². The summed E-state index contributed by atoms with van der Waals surface area (Å²) in [5.41, 5.74) is 2.03. The lowest BCUT2D eigenvalue weighted by Gasteiger charge is -2.22. The van der Waals surface area contributed by atoms with Gasteiger partial charge in [0, 0.05) is 25.0 Å². The number of benzene rings is 1. The standard InChI is InChI=1S/C16H16Cl2N2O2/c1-11-13(3-2-6-19-11)16(22)20(7-8-21)10-12-4-5-14(17)15(18)9-12/h2-6,9,21H,7-8,10H2,1H3. The van der Waals surface area contributed by atoms with Crippen LogP contribution in [0.2, 0.25) is 10.0 Å². The van der Waals surface area contributed by atoms with Crippen LogP contribution in [0.4, 0.5) is 0 Å². The number of rotatable bonds is 5. The van der Waals surface area contributed by atoms with Gasteiger partial charge in [0.15, 0.2) is 0 Å². The maximum Gasteiger partial charge on any atom is 0.256 e. The van der Waals surface area contributed by atoms with Crippen LogP contribution in [0.3, 0.4) is 0 Å². The molecule has 0 saturated carbocycles. The van der Waals surface area contributed by atoms with Gasteiger partial charge in [0.25, 0.3) is 5.91 Å². The molecule has 0 unspecified atom stereocenters. The smallest absolute Gasteiger partial charge is 0.256 e. The highest BCUT2D eigenvalue weighted by Crippen LogP contribution is 2.23. The van der Waals surface area contributed by atoms with Gasteiger partial charge in [0.1, 0.15) is 0 Å². The lowest BCUT2D eigenvalue weighted by Crippen LogP contribution is -2.33. The van der Waals surface area contributed by atoms with E-state index in [1.807, 2.05) is 6.07 Å². The summed E-state index contributed by atoms with van der Waals surface area (Å²) in [5, 5.41) is 10.1. The Morgan fingerprint density at radius 3 is 2.68 bits per heavy atom. The molecule has 0 spiro atoms. The summed E-state index contributed by atoms with van der Waals surface area (Å²) >= 11 is 11.9. The number of aliphatic hydroxyl groups excluding tert-OH is 1. The topological polar surface area (TPSA) is 53.4 Å². The monoisotopic (exact) mass is 338 g/mol. The first-order chi connectivity index (χ1) is 10.5. The van der Waals surface area contributed by atoms with Crippen molar-refractivity contribution in [1.29, 1.82) is 0 Å². The Morgan fingerprint density at radius 1 is 1.27 bits per heavy atom. The van der Waals surface area contributed by atoms with Gasteiger partial charge in [-0.05, 0) is 36.8 Å². The van der Waals surface area contributed by atoms with E-state index in [0.29, 0.717) is 27.8 Å². The zero-order chi connectivity index (χ0) is 16.1. The molecule has 0 saturated heterocycles. The molecule has 0 bridgehead atoms. The van der Waals surface area contributed by atoms with Crippen LogP contribution in [0.25, 0.3) is 0 Å². The highest BCUT2D eigenvalue weighted by molar-refractivity contribution is 6.42. The van der Waals surface area contributed by atoms with Crippen LogP contribution in [0.15, 0.2) is 36.5 Å². The first-order valence-electron chi connectivity index (χ1n) is 6.78. The molecule has 0 aliphatic rings. The Hall–Kier alpha value is -1.62. The van der Waals surface area contributed by atoms with E-state index in [-0.39, 0.29) is 19.1 Å². The van der Waals surface area contributed by atoms with Crippen molar-refractivity contribution < 1.29 is 9.90 Å². The average molecular weight is 339 g/mol. The minimum absolute atomic E-state index is 0.119. The van der Waals surface area contributed by atoms with Crippen LogP contribution in [0.5, 0.6) is 0 Å². The number of hydrogen-bond donors (Lipinski definition) is 1. The number of hydrogen-bond acceptors (Lipinski definition) is 3. The minimum atomic E-state index is -0.175. The summed E-state index contributed by atoms with van der Waals surface area (Å²) in [6, 6.07) is 8.66. The normalized spacial score (nSPS) is 10.5. The molecule has 0 aliphatic carbocycles. The van der Waals surface area contributed by atoms with Gasteiger partial charge < -0.3 is 10.0 Å². The maximum atomic E-state index is 12.6. The van der Waals surface area contributed by atoms with Crippen molar-refractivity contribution in [2.24, 2.45) is 0 Å². The molecule has 0 atom stereocenters. The van der Waals surface area contributed by atoms with Crippen molar-refractivity contribution in [3.05, 3.63) is 63.4 Å². The van der Waals surface area contributed by atoms with Crippen LogP contribution >= 0.6 is 23.2 Å². The Morgan fingerprint density at radius 2 is 2.05 bits per heavy atom. The van der Waals surface area contributed by atoms with Crippen LogP contribution in [0.1, 0.15) is 21.6 Å². The lowest BCUT2D eigenvalue weighted by molar-refractivity contribution is 0.0706. The van der Waals surface area contributed by atoms with Gasteiger partial charge in [0.05, 0.1) is 22.2 Å². The largest absolute Gasteiger partial charge is 0.395 e. The second-order valence-corrected chi connectivity index (χ2v) is 5.65. The molecule has 22 heavy (non-hydrogen) atoms.